The summed E-state index contributed by atoms with van der Waals surface area (Å²) in [6.07, 6.45) is 7.21. The average molecular weight is 454 g/mol. The molecule has 1 N–H and O–H groups in total. The maximum atomic E-state index is 11.1. The number of H-pyrrole nitrogens is 1. The quantitative estimate of drug-likeness (QED) is 0.463. The number of hydrogen-bond acceptors (Lipinski definition) is 6. The third-order valence-electron chi connectivity index (χ3n) is 6.99. The lowest BCUT2D eigenvalue weighted by atomic mass is 9.97. The van der Waals surface area contributed by atoms with Gasteiger partial charge in [0.05, 0.1) is 36.9 Å². The van der Waals surface area contributed by atoms with E-state index in [1.807, 2.05) is 35.1 Å². The Hall–Kier alpha value is -4.19. The Morgan fingerprint density at radius 3 is 3.00 bits per heavy atom. The first-order chi connectivity index (χ1) is 16.7. The van der Waals surface area contributed by atoms with Crippen molar-refractivity contribution >= 4 is 17.4 Å². The first kappa shape index (κ1) is 20.4. The third-order valence-corrected chi connectivity index (χ3v) is 6.99. The summed E-state index contributed by atoms with van der Waals surface area (Å²) >= 11 is 0. The van der Waals surface area contributed by atoms with E-state index < -0.39 is 0 Å². The van der Waals surface area contributed by atoms with Crippen LogP contribution in [0.3, 0.4) is 0 Å². The van der Waals surface area contributed by atoms with Gasteiger partial charge in [0.2, 0.25) is 6.41 Å². The lowest BCUT2D eigenvalue weighted by Gasteiger charge is -2.12. The molecule has 3 aromatic heterocycles. The Labute approximate surface area is 196 Å². The van der Waals surface area contributed by atoms with Gasteiger partial charge in [-0.3, -0.25) is 14.6 Å². The van der Waals surface area contributed by atoms with E-state index in [-0.39, 0.29) is 12.0 Å². The zero-order valence-electron chi connectivity index (χ0n) is 18.7. The molecule has 4 aromatic rings. The minimum Gasteiger partial charge on any atom is -0.494 e. The van der Waals surface area contributed by atoms with Crippen LogP contribution in [0.5, 0.6) is 5.75 Å². The first-order valence-corrected chi connectivity index (χ1v) is 11.4. The van der Waals surface area contributed by atoms with Crippen molar-refractivity contribution in [1.82, 2.24) is 29.9 Å². The van der Waals surface area contributed by atoms with E-state index in [1.165, 1.54) is 0 Å². The number of nitriles is 1. The summed E-state index contributed by atoms with van der Waals surface area (Å²) in [4.78, 5) is 17.9. The molecule has 6 rings (SSSR count). The molecule has 4 heterocycles. The van der Waals surface area contributed by atoms with Crippen LogP contribution in [0.2, 0.25) is 0 Å². The normalized spacial score (nSPS) is 19.4. The summed E-state index contributed by atoms with van der Waals surface area (Å²) < 4.78 is 7.62. The molecule has 1 aromatic carbocycles. The highest BCUT2D eigenvalue weighted by Crippen LogP contribution is 2.42. The summed E-state index contributed by atoms with van der Waals surface area (Å²) in [5.74, 6) is 0.581. The Balaban J connectivity index is 1.43. The van der Waals surface area contributed by atoms with Crippen LogP contribution in [0, 0.1) is 11.3 Å². The number of ether oxygens (including phenoxy) is 1. The molecule has 1 fully saturated rings. The van der Waals surface area contributed by atoms with Crippen LogP contribution in [-0.2, 0) is 11.2 Å². The van der Waals surface area contributed by atoms with Gasteiger partial charge < -0.3 is 9.64 Å². The SMILES string of the molecule is COc1cc2[nH]nc(-c3cnn(C4CCN(C=O)C4)c3)c2nc1-c1cccc2c1CCC2C#N. The maximum Gasteiger partial charge on any atom is 0.209 e. The topological polar surface area (TPSA) is 113 Å². The molecule has 2 atom stereocenters. The second-order valence-corrected chi connectivity index (χ2v) is 8.85. The molecule has 0 spiro atoms. The fraction of sp³-hybridized carbons (Fsp3) is 0.320. The summed E-state index contributed by atoms with van der Waals surface area (Å²) in [5.41, 5.74) is 7.09. The van der Waals surface area contributed by atoms with Crippen LogP contribution in [0.15, 0.2) is 36.7 Å². The van der Waals surface area contributed by atoms with Crippen molar-refractivity contribution in [3.63, 3.8) is 0 Å². The molecule has 1 amide bonds. The fourth-order valence-electron chi connectivity index (χ4n) is 5.23. The highest BCUT2D eigenvalue weighted by Gasteiger charge is 2.27. The fourth-order valence-corrected chi connectivity index (χ4v) is 5.23. The van der Waals surface area contributed by atoms with E-state index in [0.29, 0.717) is 12.3 Å². The van der Waals surface area contributed by atoms with Gasteiger partial charge >= 0.3 is 0 Å². The molecule has 0 bridgehead atoms. The summed E-state index contributed by atoms with van der Waals surface area (Å²) in [6, 6.07) is 10.6. The zero-order chi connectivity index (χ0) is 23.2. The number of methoxy groups -OCH3 is 1. The number of pyridine rings is 1. The van der Waals surface area contributed by atoms with Gasteiger partial charge in [-0.1, -0.05) is 18.2 Å². The summed E-state index contributed by atoms with van der Waals surface area (Å²) in [5, 5.41) is 21.7. The Morgan fingerprint density at radius 1 is 1.29 bits per heavy atom. The van der Waals surface area contributed by atoms with Gasteiger partial charge in [-0.05, 0) is 30.4 Å². The van der Waals surface area contributed by atoms with Gasteiger partial charge in [0.15, 0.2) is 0 Å². The minimum absolute atomic E-state index is 0.0780. The largest absolute Gasteiger partial charge is 0.494 e. The van der Waals surface area contributed by atoms with E-state index >= 15 is 0 Å². The summed E-state index contributed by atoms with van der Waals surface area (Å²) in [7, 11) is 1.64. The first-order valence-electron chi connectivity index (χ1n) is 11.4. The number of amides is 1. The van der Waals surface area contributed by atoms with Crippen molar-refractivity contribution in [3.05, 3.63) is 47.8 Å². The average Bonchev–Trinajstić information content (AvgIpc) is 3.66. The predicted molar refractivity (Wildman–Crippen MR) is 125 cm³/mol. The van der Waals surface area contributed by atoms with Crippen LogP contribution in [0.25, 0.3) is 33.5 Å². The van der Waals surface area contributed by atoms with Crippen molar-refractivity contribution in [2.45, 2.75) is 31.2 Å². The number of hydrogen-bond donors (Lipinski definition) is 1. The van der Waals surface area contributed by atoms with E-state index in [2.05, 4.69) is 21.4 Å². The second-order valence-electron chi connectivity index (χ2n) is 8.85. The molecule has 170 valence electrons. The Kier molecular flexibility index (Phi) is 4.80. The predicted octanol–water partition coefficient (Wildman–Crippen LogP) is 3.45. The number of carbonyl (C=O) groups excluding carboxylic acids is 1. The van der Waals surface area contributed by atoms with E-state index in [1.54, 1.807) is 18.2 Å². The Bertz CT molecular complexity index is 1450. The molecule has 2 unspecified atom stereocenters. The molecule has 34 heavy (non-hydrogen) atoms. The van der Waals surface area contributed by atoms with Gasteiger partial charge in [0, 0.05) is 36.5 Å². The number of nitrogens with one attached hydrogen (secondary N) is 1. The minimum atomic E-state index is -0.0780. The molecule has 1 saturated heterocycles. The van der Waals surface area contributed by atoms with Crippen LogP contribution in [-0.4, -0.2) is 56.5 Å². The van der Waals surface area contributed by atoms with E-state index in [0.717, 1.165) is 76.9 Å². The van der Waals surface area contributed by atoms with Gasteiger partial charge in [-0.25, -0.2) is 4.98 Å². The molecule has 1 aliphatic carbocycles. The highest BCUT2D eigenvalue weighted by atomic mass is 16.5. The number of aromatic nitrogens is 5. The van der Waals surface area contributed by atoms with Crippen molar-refractivity contribution in [2.75, 3.05) is 20.2 Å². The molecule has 9 nitrogen and oxygen atoms in total. The number of rotatable bonds is 5. The van der Waals surface area contributed by atoms with Gasteiger partial charge in [-0.15, -0.1) is 0 Å². The molecule has 0 saturated carbocycles. The van der Waals surface area contributed by atoms with E-state index in [9.17, 15) is 10.1 Å². The van der Waals surface area contributed by atoms with E-state index in [4.69, 9.17) is 9.72 Å². The second kappa shape index (κ2) is 7.99. The molecule has 0 radical (unpaired) electrons. The van der Waals surface area contributed by atoms with Crippen molar-refractivity contribution in [3.8, 4) is 34.3 Å². The van der Waals surface area contributed by atoms with Crippen LogP contribution in [0.4, 0.5) is 0 Å². The van der Waals surface area contributed by atoms with Crippen molar-refractivity contribution in [1.29, 1.82) is 5.26 Å². The lowest BCUT2D eigenvalue weighted by molar-refractivity contribution is -0.117. The molecule has 1 aliphatic heterocycles. The number of fused-ring (bicyclic) bond motifs is 2. The summed E-state index contributed by atoms with van der Waals surface area (Å²) in [6.45, 7) is 1.40. The van der Waals surface area contributed by atoms with Gasteiger partial charge in [-0.2, -0.15) is 15.5 Å². The monoisotopic (exact) mass is 453 g/mol. The highest BCUT2D eigenvalue weighted by molar-refractivity contribution is 5.93. The van der Waals surface area contributed by atoms with Crippen LogP contribution < -0.4 is 4.74 Å². The molecule has 2 aliphatic rings. The molecule has 9 heteroatoms. The number of aromatic amines is 1. The number of carbonyl (C=O) groups is 1. The van der Waals surface area contributed by atoms with Gasteiger partial charge in [0.1, 0.15) is 22.7 Å². The Morgan fingerprint density at radius 2 is 2.21 bits per heavy atom. The smallest absolute Gasteiger partial charge is 0.209 e. The van der Waals surface area contributed by atoms with Crippen LogP contribution >= 0.6 is 0 Å². The third kappa shape index (κ3) is 3.14. The standard InChI is InChI=1S/C25H23N7O2/c1-34-22-9-21-25(28-24(22)20-4-2-3-18-15(10-26)5-6-19(18)20)23(30-29-21)16-11-27-32(12-16)17-7-8-31(13-17)14-33/h2-4,9,11-12,14-15,17H,5-8,13H2,1H3,(H,29,30). The maximum absolute atomic E-state index is 11.1. The van der Waals surface area contributed by atoms with Gasteiger partial charge in [0.25, 0.3) is 0 Å². The van der Waals surface area contributed by atoms with Crippen LogP contribution in [0.1, 0.15) is 35.9 Å². The number of nitrogens with zero attached hydrogens (tertiary/aromatic N) is 6. The van der Waals surface area contributed by atoms with Crippen molar-refractivity contribution in [2.24, 2.45) is 0 Å². The zero-order valence-corrected chi connectivity index (χ0v) is 18.7. The number of likely N-dealkylation sites (tertiary alicyclic amines) is 1. The number of benzene rings is 1. The molecular formula is C25H23N7O2. The van der Waals surface area contributed by atoms with Crippen molar-refractivity contribution < 1.29 is 9.53 Å². The molecular weight excluding hydrogens is 430 g/mol. The lowest BCUT2D eigenvalue weighted by Crippen LogP contribution is -2.19.